The summed E-state index contributed by atoms with van der Waals surface area (Å²) in [6.07, 6.45) is 0.775. The van der Waals surface area contributed by atoms with Crippen molar-refractivity contribution in [1.82, 2.24) is 0 Å². The number of nitrogens with one attached hydrogen (secondary N) is 1. The summed E-state index contributed by atoms with van der Waals surface area (Å²) in [6, 6.07) is 14.4. The Morgan fingerprint density at radius 2 is 1.59 bits per heavy atom. The Kier molecular flexibility index (Phi) is 4.57. The van der Waals surface area contributed by atoms with E-state index in [1.165, 1.54) is 24.3 Å². The summed E-state index contributed by atoms with van der Waals surface area (Å²) in [6.45, 7) is 0. The molecule has 1 amide bonds. The van der Waals surface area contributed by atoms with Crippen molar-refractivity contribution in [2.24, 2.45) is 0 Å². The fourth-order valence-electron chi connectivity index (χ4n) is 1.70. The summed E-state index contributed by atoms with van der Waals surface area (Å²) in [5, 5.41) is 2.66. The summed E-state index contributed by atoms with van der Waals surface area (Å²) in [7, 11) is -3.90. The SMILES string of the molecule is CS(=O)(=O)OC(=O)c1cccc(C(=O)Nc2ccccc2)c1. The fraction of sp³-hybridized carbons (Fsp3) is 0.0667. The second kappa shape index (κ2) is 6.40. The van der Waals surface area contributed by atoms with Crippen LogP contribution in [-0.2, 0) is 14.3 Å². The number of anilines is 1. The van der Waals surface area contributed by atoms with Crippen molar-refractivity contribution in [3.63, 3.8) is 0 Å². The molecule has 114 valence electrons. The largest absolute Gasteiger partial charge is 0.353 e. The van der Waals surface area contributed by atoms with Gasteiger partial charge in [0.05, 0.1) is 11.8 Å². The van der Waals surface area contributed by atoms with Crippen LogP contribution in [0.15, 0.2) is 54.6 Å². The molecule has 2 rings (SSSR count). The molecule has 0 fully saturated rings. The van der Waals surface area contributed by atoms with Crippen LogP contribution in [-0.4, -0.2) is 26.6 Å². The van der Waals surface area contributed by atoms with Gasteiger partial charge in [0.1, 0.15) is 0 Å². The number of benzene rings is 2. The standard InChI is InChI=1S/C15H13NO5S/c1-22(19,20)21-15(18)12-7-5-6-11(10-12)14(17)16-13-8-3-2-4-9-13/h2-10H,1H3,(H,16,17). The molecule has 0 saturated carbocycles. The normalized spacial score (nSPS) is 10.8. The molecule has 0 aliphatic heterocycles. The summed E-state index contributed by atoms with van der Waals surface area (Å²) in [5.41, 5.74) is 0.801. The fourth-order valence-corrected chi connectivity index (χ4v) is 2.07. The van der Waals surface area contributed by atoms with Crippen molar-refractivity contribution in [1.29, 1.82) is 0 Å². The average molecular weight is 319 g/mol. The lowest BCUT2D eigenvalue weighted by molar-refractivity contribution is 0.0748. The molecule has 2 aromatic carbocycles. The van der Waals surface area contributed by atoms with E-state index in [4.69, 9.17) is 0 Å². The second-order valence-electron chi connectivity index (χ2n) is 4.48. The van der Waals surface area contributed by atoms with Gasteiger partial charge in [-0.05, 0) is 30.3 Å². The van der Waals surface area contributed by atoms with Crippen LogP contribution in [0.1, 0.15) is 20.7 Å². The molecule has 1 N–H and O–H groups in total. The third-order valence-electron chi connectivity index (χ3n) is 2.62. The third-order valence-corrected chi connectivity index (χ3v) is 3.07. The van der Waals surface area contributed by atoms with Crippen LogP contribution in [0, 0.1) is 0 Å². The molecule has 0 heterocycles. The Balaban J connectivity index is 2.17. The molecule has 7 heteroatoms. The number of hydrogen-bond donors (Lipinski definition) is 1. The molecular weight excluding hydrogens is 306 g/mol. The molecule has 0 aliphatic rings. The highest BCUT2D eigenvalue weighted by molar-refractivity contribution is 7.86. The number of carbonyl (C=O) groups excluding carboxylic acids is 2. The van der Waals surface area contributed by atoms with E-state index in [0.29, 0.717) is 5.69 Å². The van der Waals surface area contributed by atoms with Crippen LogP contribution in [0.3, 0.4) is 0 Å². The number of carbonyl (C=O) groups is 2. The molecule has 0 saturated heterocycles. The highest BCUT2D eigenvalue weighted by Gasteiger charge is 2.15. The summed E-state index contributed by atoms with van der Waals surface area (Å²) < 4.78 is 26.2. The Hall–Kier alpha value is -2.67. The molecule has 0 atom stereocenters. The zero-order valence-corrected chi connectivity index (χ0v) is 12.5. The summed E-state index contributed by atoms with van der Waals surface area (Å²) in [5.74, 6) is -1.45. The highest BCUT2D eigenvalue weighted by atomic mass is 32.2. The van der Waals surface area contributed by atoms with Gasteiger partial charge in [0.2, 0.25) is 0 Å². The van der Waals surface area contributed by atoms with Crippen molar-refractivity contribution in [3.05, 3.63) is 65.7 Å². The maximum Gasteiger partial charge on any atom is 0.353 e. The van der Waals surface area contributed by atoms with Crippen LogP contribution in [0.25, 0.3) is 0 Å². The van der Waals surface area contributed by atoms with Crippen LogP contribution in [0.5, 0.6) is 0 Å². The van der Waals surface area contributed by atoms with Gasteiger partial charge >= 0.3 is 16.1 Å². The highest BCUT2D eigenvalue weighted by Crippen LogP contribution is 2.12. The van der Waals surface area contributed by atoms with Crippen LogP contribution in [0.4, 0.5) is 5.69 Å². The second-order valence-corrected chi connectivity index (χ2v) is 6.05. The van der Waals surface area contributed by atoms with Gasteiger partial charge in [0.15, 0.2) is 0 Å². The number of amides is 1. The van der Waals surface area contributed by atoms with Gasteiger partial charge in [0.25, 0.3) is 5.91 Å². The van der Waals surface area contributed by atoms with Gasteiger partial charge < -0.3 is 9.50 Å². The lowest BCUT2D eigenvalue weighted by Gasteiger charge is -2.06. The van der Waals surface area contributed by atoms with Crippen LogP contribution in [0.2, 0.25) is 0 Å². The van der Waals surface area contributed by atoms with Crippen LogP contribution < -0.4 is 5.32 Å². The minimum absolute atomic E-state index is 0.0221. The third kappa shape index (κ3) is 4.42. The predicted molar refractivity (Wildman–Crippen MR) is 81.1 cm³/mol. The van der Waals surface area contributed by atoms with Gasteiger partial charge in [-0.2, -0.15) is 8.42 Å². The zero-order chi connectivity index (χ0) is 16.2. The Morgan fingerprint density at radius 3 is 2.23 bits per heavy atom. The molecule has 22 heavy (non-hydrogen) atoms. The predicted octanol–water partition coefficient (Wildman–Crippen LogP) is 2.06. The van der Waals surface area contributed by atoms with Gasteiger partial charge in [-0.15, -0.1) is 0 Å². The first-order valence-corrected chi connectivity index (χ1v) is 8.07. The van der Waals surface area contributed by atoms with E-state index in [-0.39, 0.29) is 11.1 Å². The maximum absolute atomic E-state index is 12.1. The minimum Gasteiger partial charge on any atom is -0.341 e. The van der Waals surface area contributed by atoms with Crippen LogP contribution >= 0.6 is 0 Å². The Labute approximate surface area is 127 Å². The lowest BCUT2D eigenvalue weighted by atomic mass is 10.1. The van der Waals surface area contributed by atoms with E-state index in [1.54, 1.807) is 24.3 Å². The molecule has 0 radical (unpaired) electrons. The lowest BCUT2D eigenvalue weighted by Crippen LogP contribution is -2.15. The topological polar surface area (TPSA) is 89.5 Å². The van der Waals surface area contributed by atoms with Crippen molar-refractivity contribution >= 4 is 27.7 Å². The molecule has 0 unspecified atom stereocenters. The maximum atomic E-state index is 12.1. The van der Waals surface area contributed by atoms with E-state index in [9.17, 15) is 18.0 Å². The van der Waals surface area contributed by atoms with Gasteiger partial charge in [0, 0.05) is 11.3 Å². The van der Waals surface area contributed by atoms with Crippen molar-refractivity contribution in [2.75, 3.05) is 11.6 Å². The van der Waals surface area contributed by atoms with Gasteiger partial charge in [-0.1, -0.05) is 24.3 Å². The average Bonchev–Trinajstić information content (AvgIpc) is 2.46. The molecule has 0 bridgehead atoms. The number of hydrogen-bond acceptors (Lipinski definition) is 5. The first-order valence-electron chi connectivity index (χ1n) is 6.25. The van der Waals surface area contributed by atoms with Gasteiger partial charge in [-0.3, -0.25) is 4.79 Å². The van der Waals surface area contributed by atoms with Crippen molar-refractivity contribution in [2.45, 2.75) is 0 Å². The number of rotatable bonds is 4. The Bertz CT molecular complexity index is 800. The molecule has 6 nitrogen and oxygen atoms in total. The summed E-state index contributed by atoms with van der Waals surface area (Å²) >= 11 is 0. The van der Waals surface area contributed by atoms with E-state index in [0.717, 1.165) is 6.26 Å². The molecule has 0 aromatic heterocycles. The van der Waals surface area contributed by atoms with E-state index in [2.05, 4.69) is 9.50 Å². The Morgan fingerprint density at radius 1 is 0.955 bits per heavy atom. The smallest absolute Gasteiger partial charge is 0.341 e. The minimum atomic E-state index is -3.90. The first-order chi connectivity index (χ1) is 10.3. The van der Waals surface area contributed by atoms with E-state index < -0.39 is 22.0 Å². The molecular formula is C15H13NO5S. The van der Waals surface area contributed by atoms with Gasteiger partial charge in [-0.25, -0.2) is 4.79 Å². The van der Waals surface area contributed by atoms with E-state index >= 15 is 0 Å². The molecule has 2 aromatic rings. The first kappa shape index (κ1) is 15.7. The van der Waals surface area contributed by atoms with Crippen molar-refractivity contribution < 1.29 is 22.2 Å². The monoisotopic (exact) mass is 319 g/mol. The molecule has 0 spiro atoms. The summed E-state index contributed by atoms with van der Waals surface area (Å²) in [4.78, 5) is 23.8. The number of para-hydroxylation sites is 1. The molecule has 0 aliphatic carbocycles. The van der Waals surface area contributed by atoms with Crippen molar-refractivity contribution in [3.8, 4) is 0 Å². The zero-order valence-electron chi connectivity index (χ0n) is 11.6. The van der Waals surface area contributed by atoms with E-state index in [1.807, 2.05) is 6.07 Å². The quantitative estimate of drug-likeness (QED) is 0.871.